The van der Waals surface area contributed by atoms with Crippen LogP contribution in [0.25, 0.3) is 0 Å². The van der Waals surface area contributed by atoms with Crippen molar-refractivity contribution in [3.8, 4) is 0 Å². The smallest absolute Gasteiger partial charge is 0.550 e. The molecule has 0 fully saturated rings. The van der Waals surface area contributed by atoms with E-state index in [0.29, 0.717) is 6.42 Å². The van der Waals surface area contributed by atoms with E-state index < -0.39 is 30.4 Å². The maximum absolute atomic E-state index is 11.4. The molecule has 0 saturated heterocycles. The molecular formula is C16H28KNO5. The predicted molar refractivity (Wildman–Crippen MR) is 80.5 cm³/mol. The number of aliphatic carboxylic acids is 1. The average molecular weight is 354 g/mol. The minimum absolute atomic E-state index is 0. The van der Waals surface area contributed by atoms with Gasteiger partial charge in [0.1, 0.15) is 6.04 Å². The van der Waals surface area contributed by atoms with Crippen molar-refractivity contribution in [2.24, 2.45) is 5.73 Å². The van der Waals surface area contributed by atoms with Crippen molar-refractivity contribution in [1.82, 2.24) is 0 Å². The van der Waals surface area contributed by atoms with Gasteiger partial charge in [0.25, 0.3) is 0 Å². The maximum Gasteiger partial charge on any atom is 1.00 e. The molecule has 0 aromatic rings. The van der Waals surface area contributed by atoms with Crippen molar-refractivity contribution in [3.63, 3.8) is 0 Å². The third-order valence-corrected chi connectivity index (χ3v) is 3.39. The normalized spacial score (nSPS) is 11.4. The number of nitrogens with two attached hydrogens (primary N) is 1. The van der Waals surface area contributed by atoms with Gasteiger partial charge in [-0.1, -0.05) is 58.3 Å². The summed E-state index contributed by atoms with van der Waals surface area (Å²) >= 11 is 0. The van der Waals surface area contributed by atoms with Gasteiger partial charge >= 0.3 is 63.3 Å². The molecule has 0 saturated carbocycles. The molecule has 1 atom stereocenters. The molecule has 0 aliphatic heterocycles. The Balaban J connectivity index is 0. The largest absolute Gasteiger partial charge is 1.00 e. The number of carboxylic acids is 1. The van der Waals surface area contributed by atoms with Gasteiger partial charge in [-0.3, -0.25) is 4.79 Å². The summed E-state index contributed by atoms with van der Waals surface area (Å²) in [5, 5.41) is 10.3. The zero-order valence-electron chi connectivity index (χ0n) is 14.5. The van der Waals surface area contributed by atoms with Crippen LogP contribution in [0, 0.1) is 0 Å². The molecule has 0 amide bonds. The molecule has 6 nitrogen and oxygen atoms in total. The van der Waals surface area contributed by atoms with Crippen LogP contribution in [0.15, 0.2) is 0 Å². The van der Waals surface area contributed by atoms with E-state index in [4.69, 9.17) is 5.73 Å². The van der Waals surface area contributed by atoms with Crippen molar-refractivity contribution in [1.29, 1.82) is 0 Å². The number of unbranched alkanes of at least 4 members (excludes halogenated alkanes) is 8. The van der Waals surface area contributed by atoms with Crippen LogP contribution >= 0.6 is 0 Å². The summed E-state index contributed by atoms with van der Waals surface area (Å²) in [6, 6.07) is -1.35. The monoisotopic (exact) mass is 353 g/mol. The number of esters is 2. The van der Waals surface area contributed by atoms with Gasteiger partial charge in [-0.05, 0) is 6.42 Å². The number of carbonyl (C=O) groups excluding carboxylic acids is 3. The first-order valence-corrected chi connectivity index (χ1v) is 8.17. The van der Waals surface area contributed by atoms with Crippen molar-refractivity contribution < 1.29 is 75.6 Å². The van der Waals surface area contributed by atoms with Crippen LogP contribution in [0.2, 0.25) is 0 Å². The van der Waals surface area contributed by atoms with Crippen LogP contribution in [0.1, 0.15) is 77.6 Å². The third kappa shape index (κ3) is 16.8. The zero-order valence-corrected chi connectivity index (χ0v) is 17.6. The van der Waals surface area contributed by atoms with Gasteiger partial charge in [0.05, 0.1) is 0 Å². The Labute approximate surface area is 181 Å². The summed E-state index contributed by atoms with van der Waals surface area (Å²) in [5.74, 6) is -3.11. The third-order valence-electron chi connectivity index (χ3n) is 3.39. The Hall–Kier alpha value is 0.206. The molecule has 128 valence electrons. The summed E-state index contributed by atoms with van der Waals surface area (Å²) in [6.45, 7) is 2.19. The van der Waals surface area contributed by atoms with E-state index in [-0.39, 0.29) is 57.8 Å². The van der Waals surface area contributed by atoms with Crippen molar-refractivity contribution in [3.05, 3.63) is 0 Å². The number of rotatable bonds is 13. The molecule has 7 heteroatoms. The van der Waals surface area contributed by atoms with E-state index in [2.05, 4.69) is 11.7 Å². The number of carbonyl (C=O) groups is 3. The van der Waals surface area contributed by atoms with Crippen LogP contribution in [0.3, 0.4) is 0 Å². The fourth-order valence-corrected chi connectivity index (χ4v) is 2.08. The maximum atomic E-state index is 11.4. The van der Waals surface area contributed by atoms with Gasteiger partial charge in [-0.25, -0.2) is 4.79 Å². The van der Waals surface area contributed by atoms with E-state index in [0.717, 1.165) is 19.3 Å². The molecule has 0 aromatic heterocycles. The zero-order chi connectivity index (χ0) is 16.8. The van der Waals surface area contributed by atoms with Gasteiger partial charge in [0.2, 0.25) is 0 Å². The molecule has 0 heterocycles. The molecule has 0 aromatic carbocycles. The average Bonchev–Trinajstić information content (AvgIpc) is 2.44. The molecular weight excluding hydrogens is 325 g/mol. The molecule has 0 spiro atoms. The standard InChI is InChI=1S/C16H29NO5.K/c1-2-3-4-5-6-7-8-9-10-11-15(20)22-16(21)13(17)12-14(18)19;/h13H,2-12,17H2,1H3,(H,18,19);/q;+1/p-1/t13-;/m0./s1. The Morgan fingerprint density at radius 3 is 1.91 bits per heavy atom. The van der Waals surface area contributed by atoms with Crippen LogP contribution < -0.4 is 62.2 Å². The van der Waals surface area contributed by atoms with E-state index in [1.54, 1.807) is 0 Å². The minimum atomic E-state index is -1.45. The summed E-state index contributed by atoms with van der Waals surface area (Å²) < 4.78 is 4.49. The first kappa shape index (κ1) is 25.4. The molecule has 2 N–H and O–H groups in total. The predicted octanol–water partition coefficient (Wildman–Crippen LogP) is -1.55. The van der Waals surface area contributed by atoms with Gasteiger partial charge in [-0.2, -0.15) is 0 Å². The Bertz CT molecular complexity index is 349. The Morgan fingerprint density at radius 2 is 1.43 bits per heavy atom. The SMILES string of the molecule is CCCCCCCCCCCC(=O)OC(=O)[C@@H](N)CC(=O)[O-].[K+]. The van der Waals surface area contributed by atoms with Crippen molar-refractivity contribution in [2.45, 2.75) is 83.6 Å². The number of ether oxygens (including phenoxy) is 1. The number of carboxylic acid groups (broad SMARTS) is 1. The van der Waals surface area contributed by atoms with Crippen LogP contribution in [-0.2, 0) is 19.1 Å². The molecule has 0 aliphatic rings. The summed E-state index contributed by atoms with van der Waals surface area (Å²) in [7, 11) is 0. The summed E-state index contributed by atoms with van der Waals surface area (Å²) in [5.41, 5.74) is 5.26. The second-order valence-electron chi connectivity index (χ2n) is 5.55. The summed E-state index contributed by atoms with van der Waals surface area (Å²) in [6.07, 6.45) is 9.63. The van der Waals surface area contributed by atoms with Gasteiger partial charge < -0.3 is 20.4 Å². The molecule has 0 rings (SSSR count). The number of hydrogen-bond acceptors (Lipinski definition) is 6. The van der Waals surface area contributed by atoms with Crippen molar-refractivity contribution >= 4 is 17.9 Å². The van der Waals surface area contributed by atoms with E-state index in [1.165, 1.54) is 32.1 Å². The van der Waals surface area contributed by atoms with Crippen LogP contribution in [0.4, 0.5) is 0 Å². The fraction of sp³-hybridized carbons (Fsp3) is 0.812. The molecule has 23 heavy (non-hydrogen) atoms. The summed E-state index contributed by atoms with van der Waals surface area (Å²) in [4.78, 5) is 33.0. The van der Waals surface area contributed by atoms with E-state index in [1.807, 2.05) is 0 Å². The molecule has 0 radical (unpaired) electrons. The quantitative estimate of drug-likeness (QED) is 0.186. The van der Waals surface area contributed by atoms with Crippen LogP contribution in [0.5, 0.6) is 0 Å². The first-order chi connectivity index (χ1) is 10.5. The number of hydrogen-bond donors (Lipinski definition) is 1. The molecule has 0 bridgehead atoms. The Morgan fingerprint density at radius 1 is 0.957 bits per heavy atom. The second kappa shape index (κ2) is 17.0. The topological polar surface area (TPSA) is 110 Å². The molecule has 0 unspecified atom stereocenters. The van der Waals surface area contributed by atoms with Crippen LogP contribution in [-0.4, -0.2) is 23.9 Å². The minimum Gasteiger partial charge on any atom is -0.550 e. The van der Waals surface area contributed by atoms with E-state index in [9.17, 15) is 19.5 Å². The first-order valence-electron chi connectivity index (χ1n) is 8.17. The van der Waals surface area contributed by atoms with E-state index >= 15 is 0 Å². The van der Waals surface area contributed by atoms with Gasteiger partial charge in [0.15, 0.2) is 0 Å². The second-order valence-corrected chi connectivity index (χ2v) is 5.55. The van der Waals surface area contributed by atoms with Gasteiger partial charge in [0, 0.05) is 18.8 Å². The molecule has 0 aliphatic carbocycles. The van der Waals surface area contributed by atoms with Crippen molar-refractivity contribution in [2.75, 3.05) is 0 Å². The Kier molecular flexibility index (Phi) is 18.9. The fourth-order valence-electron chi connectivity index (χ4n) is 2.08. The van der Waals surface area contributed by atoms with Gasteiger partial charge in [-0.15, -0.1) is 0 Å².